The first kappa shape index (κ1) is 19.7. The van der Waals surface area contributed by atoms with E-state index in [9.17, 15) is 4.79 Å². The summed E-state index contributed by atoms with van der Waals surface area (Å²) in [5, 5.41) is 7.76. The van der Waals surface area contributed by atoms with Crippen LogP contribution in [0.25, 0.3) is 10.9 Å². The Kier molecular flexibility index (Phi) is 5.99. The molecule has 1 aromatic heterocycles. The van der Waals surface area contributed by atoms with Crippen molar-refractivity contribution in [1.29, 1.82) is 0 Å². The number of hydrogen-bond donors (Lipinski definition) is 2. The molecule has 1 aliphatic carbocycles. The van der Waals surface area contributed by atoms with Gasteiger partial charge in [-0.05, 0) is 37.8 Å². The minimum Gasteiger partial charge on any atom is -0.378 e. The highest BCUT2D eigenvalue weighted by molar-refractivity contribution is 5.90. The van der Waals surface area contributed by atoms with Gasteiger partial charge in [0, 0.05) is 44.7 Å². The zero-order chi connectivity index (χ0) is 20.2. The Hall–Kier alpha value is -2.61. The predicted molar refractivity (Wildman–Crippen MR) is 114 cm³/mol. The molecule has 156 valence electrons. The Labute approximate surface area is 171 Å². The van der Waals surface area contributed by atoms with Gasteiger partial charge in [0.1, 0.15) is 5.82 Å². The summed E-state index contributed by atoms with van der Waals surface area (Å²) in [6.45, 7) is 2.61. The van der Waals surface area contributed by atoms with E-state index in [1.807, 2.05) is 42.1 Å². The van der Waals surface area contributed by atoms with Crippen molar-refractivity contribution in [2.24, 2.45) is 0 Å². The second-order valence-corrected chi connectivity index (χ2v) is 8.02. The SMILES string of the molecule is CN(C)c1nc(NC2CCC(NC(=O)N3CCOCC3)CC2)nc2ccccc12. The number of anilines is 2. The van der Waals surface area contributed by atoms with Crippen LogP contribution in [-0.4, -0.2) is 73.4 Å². The number of benzene rings is 1. The number of aromatic nitrogens is 2. The summed E-state index contributed by atoms with van der Waals surface area (Å²) < 4.78 is 5.32. The van der Waals surface area contributed by atoms with Crippen molar-refractivity contribution >= 4 is 28.7 Å². The molecule has 8 heteroatoms. The maximum Gasteiger partial charge on any atom is 0.317 e. The van der Waals surface area contributed by atoms with Crippen molar-refractivity contribution in [3.8, 4) is 0 Å². The number of hydrogen-bond acceptors (Lipinski definition) is 6. The van der Waals surface area contributed by atoms with Crippen LogP contribution in [0.2, 0.25) is 0 Å². The van der Waals surface area contributed by atoms with Crippen LogP contribution in [-0.2, 0) is 4.74 Å². The molecular formula is C21H30N6O2. The van der Waals surface area contributed by atoms with Crippen LogP contribution in [0, 0.1) is 0 Å². The fourth-order valence-electron chi connectivity index (χ4n) is 4.06. The average Bonchev–Trinajstić information content (AvgIpc) is 2.75. The number of fused-ring (bicyclic) bond motifs is 1. The lowest BCUT2D eigenvalue weighted by Gasteiger charge is -2.33. The summed E-state index contributed by atoms with van der Waals surface area (Å²) in [4.78, 5) is 25.7. The van der Waals surface area contributed by atoms with E-state index < -0.39 is 0 Å². The largest absolute Gasteiger partial charge is 0.378 e. The van der Waals surface area contributed by atoms with Gasteiger partial charge in [0.05, 0.1) is 18.7 Å². The monoisotopic (exact) mass is 398 g/mol. The molecular weight excluding hydrogens is 368 g/mol. The third-order valence-electron chi connectivity index (χ3n) is 5.69. The number of ether oxygens (including phenoxy) is 1. The van der Waals surface area contributed by atoms with Gasteiger partial charge in [-0.25, -0.2) is 9.78 Å². The van der Waals surface area contributed by atoms with Crippen molar-refractivity contribution < 1.29 is 9.53 Å². The maximum atomic E-state index is 12.4. The number of carbonyl (C=O) groups is 1. The van der Waals surface area contributed by atoms with Crippen molar-refractivity contribution in [1.82, 2.24) is 20.2 Å². The topological polar surface area (TPSA) is 82.6 Å². The van der Waals surface area contributed by atoms with Crippen LogP contribution in [0.15, 0.2) is 24.3 Å². The van der Waals surface area contributed by atoms with Gasteiger partial charge in [0.25, 0.3) is 0 Å². The molecule has 1 saturated carbocycles. The minimum atomic E-state index is 0.0400. The third kappa shape index (κ3) is 4.70. The Morgan fingerprint density at radius 3 is 2.48 bits per heavy atom. The lowest BCUT2D eigenvalue weighted by molar-refractivity contribution is 0.0521. The lowest BCUT2D eigenvalue weighted by Crippen LogP contribution is -2.50. The highest BCUT2D eigenvalue weighted by atomic mass is 16.5. The number of carbonyl (C=O) groups excluding carboxylic acids is 1. The Morgan fingerprint density at radius 1 is 1.07 bits per heavy atom. The van der Waals surface area contributed by atoms with Crippen molar-refractivity contribution in [3.05, 3.63) is 24.3 Å². The molecule has 2 fully saturated rings. The molecule has 2 heterocycles. The summed E-state index contributed by atoms with van der Waals surface area (Å²) in [5.74, 6) is 1.60. The van der Waals surface area contributed by atoms with Crippen LogP contribution >= 0.6 is 0 Å². The predicted octanol–water partition coefficient (Wildman–Crippen LogP) is 2.46. The van der Waals surface area contributed by atoms with Crippen molar-refractivity contribution in [2.45, 2.75) is 37.8 Å². The summed E-state index contributed by atoms with van der Waals surface area (Å²) in [5.41, 5.74) is 0.945. The molecule has 1 aromatic carbocycles. The molecule has 2 aromatic rings. The normalized spacial score (nSPS) is 22.3. The molecule has 0 spiro atoms. The summed E-state index contributed by atoms with van der Waals surface area (Å²) in [6.07, 6.45) is 3.90. The fraction of sp³-hybridized carbons (Fsp3) is 0.571. The van der Waals surface area contributed by atoms with Gasteiger partial charge in [-0.15, -0.1) is 0 Å². The standard InChI is InChI=1S/C21H30N6O2/c1-26(2)19-17-5-3-4-6-18(17)24-20(25-19)22-15-7-9-16(10-8-15)23-21(28)27-11-13-29-14-12-27/h3-6,15-16H,7-14H2,1-2H3,(H,23,28)(H,22,24,25). The zero-order valence-corrected chi connectivity index (χ0v) is 17.2. The molecule has 0 atom stereocenters. The Bertz CT molecular complexity index is 844. The van der Waals surface area contributed by atoms with Gasteiger partial charge in [-0.2, -0.15) is 4.98 Å². The van der Waals surface area contributed by atoms with Gasteiger partial charge >= 0.3 is 6.03 Å². The summed E-state index contributed by atoms with van der Waals surface area (Å²) >= 11 is 0. The number of nitrogens with zero attached hydrogens (tertiary/aromatic N) is 4. The van der Waals surface area contributed by atoms with Crippen LogP contribution in [0.1, 0.15) is 25.7 Å². The van der Waals surface area contributed by atoms with E-state index in [1.54, 1.807) is 0 Å². The number of morpholine rings is 1. The Balaban J connectivity index is 1.34. The molecule has 29 heavy (non-hydrogen) atoms. The van der Waals surface area contributed by atoms with Crippen LogP contribution in [0.4, 0.5) is 16.6 Å². The average molecular weight is 399 g/mol. The first-order chi connectivity index (χ1) is 14.1. The van der Waals surface area contributed by atoms with Crippen LogP contribution < -0.4 is 15.5 Å². The van der Waals surface area contributed by atoms with E-state index in [0.29, 0.717) is 38.3 Å². The molecule has 0 bridgehead atoms. The van der Waals surface area contributed by atoms with Gasteiger partial charge in [0.15, 0.2) is 0 Å². The van der Waals surface area contributed by atoms with E-state index in [4.69, 9.17) is 14.7 Å². The van der Waals surface area contributed by atoms with Gasteiger partial charge in [-0.3, -0.25) is 0 Å². The van der Waals surface area contributed by atoms with Crippen molar-refractivity contribution in [2.75, 3.05) is 50.6 Å². The van der Waals surface area contributed by atoms with Gasteiger partial charge in [-0.1, -0.05) is 12.1 Å². The second kappa shape index (κ2) is 8.82. The van der Waals surface area contributed by atoms with Crippen LogP contribution in [0.5, 0.6) is 0 Å². The second-order valence-electron chi connectivity index (χ2n) is 8.02. The molecule has 2 amide bonds. The highest BCUT2D eigenvalue weighted by Gasteiger charge is 2.25. The number of para-hydroxylation sites is 1. The van der Waals surface area contributed by atoms with E-state index in [2.05, 4.69) is 16.7 Å². The molecule has 0 radical (unpaired) electrons. The summed E-state index contributed by atoms with van der Waals surface area (Å²) in [6, 6.07) is 8.68. The number of rotatable bonds is 4. The number of urea groups is 1. The zero-order valence-electron chi connectivity index (χ0n) is 17.2. The van der Waals surface area contributed by atoms with E-state index >= 15 is 0 Å². The molecule has 1 aliphatic heterocycles. The lowest BCUT2D eigenvalue weighted by atomic mass is 9.91. The smallest absolute Gasteiger partial charge is 0.317 e. The first-order valence-corrected chi connectivity index (χ1v) is 10.4. The highest BCUT2D eigenvalue weighted by Crippen LogP contribution is 2.26. The molecule has 1 saturated heterocycles. The van der Waals surface area contributed by atoms with E-state index in [1.165, 1.54) is 0 Å². The van der Waals surface area contributed by atoms with Gasteiger partial charge < -0.3 is 25.2 Å². The van der Waals surface area contributed by atoms with E-state index in [0.717, 1.165) is 42.4 Å². The van der Waals surface area contributed by atoms with E-state index in [-0.39, 0.29) is 12.1 Å². The Morgan fingerprint density at radius 2 is 1.76 bits per heavy atom. The number of amides is 2. The molecule has 2 aliphatic rings. The van der Waals surface area contributed by atoms with Crippen LogP contribution in [0.3, 0.4) is 0 Å². The first-order valence-electron chi connectivity index (χ1n) is 10.4. The number of nitrogens with one attached hydrogen (secondary N) is 2. The maximum absolute atomic E-state index is 12.4. The third-order valence-corrected chi connectivity index (χ3v) is 5.69. The van der Waals surface area contributed by atoms with Crippen molar-refractivity contribution in [3.63, 3.8) is 0 Å². The van der Waals surface area contributed by atoms with Gasteiger partial charge in [0.2, 0.25) is 5.95 Å². The molecule has 0 unspecified atom stereocenters. The molecule has 2 N–H and O–H groups in total. The molecule has 8 nitrogen and oxygen atoms in total. The molecule has 4 rings (SSSR count). The fourth-order valence-corrected chi connectivity index (χ4v) is 4.06. The quantitative estimate of drug-likeness (QED) is 0.823. The minimum absolute atomic E-state index is 0.0400. The summed E-state index contributed by atoms with van der Waals surface area (Å²) in [7, 11) is 4.00.